The van der Waals surface area contributed by atoms with Gasteiger partial charge in [0.15, 0.2) is 0 Å². The zero-order chi connectivity index (χ0) is 23.6. The van der Waals surface area contributed by atoms with Gasteiger partial charge in [0, 0.05) is 49.7 Å². The molecule has 1 N–H and O–H groups in total. The number of rotatable bonds is 6. The Kier molecular flexibility index (Phi) is 6.63. The van der Waals surface area contributed by atoms with Gasteiger partial charge in [0.1, 0.15) is 27.2 Å². The number of hydrogen-bond donors (Lipinski definition) is 1. The first kappa shape index (κ1) is 23.1. The van der Waals surface area contributed by atoms with Gasteiger partial charge in [-0.25, -0.2) is 17.2 Å². The van der Waals surface area contributed by atoms with E-state index < -0.39 is 27.6 Å². The third kappa shape index (κ3) is 5.00. The highest BCUT2D eigenvalue weighted by Gasteiger charge is 2.32. The van der Waals surface area contributed by atoms with Gasteiger partial charge in [0.05, 0.1) is 7.11 Å². The molecule has 2 heterocycles. The van der Waals surface area contributed by atoms with Gasteiger partial charge in [-0.15, -0.1) is 11.3 Å². The molecule has 2 aromatic carbocycles. The first-order valence-corrected chi connectivity index (χ1v) is 12.3. The van der Waals surface area contributed by atoms with Gasteiger partial charge < -0.3 is 15.0 Å². The molecular weight excluding hydrogens is 472 g/mol. The van der Waals surface area contributed by atoms with E-state index in [-0.39, 0.29) is 28.5 Å². The summed E-state index contributed by atoms with van der Waals surface area (Å²) in [5.41, 5.74) is 0.838. The Hall–Kier alpha value is -3.02. The van der Waals surface area contributed by atoms with Gasteiger partial charge in [0.25, 0.3) is 5.91 Å². The van der Waals surface area contributed by atoms with Crippen LogP contribution in [0.25, 0.3) is 0 Å². The summed E-state index contributed by atoms with van der Waals surface area (Å²) in [6.45, 7) is 1.43. The van der Waals surface area contributed by atoms with Crippen LogP contribution in [-0.2, 0) is 10.0 Å². The molecule has 1 saturated heterocycles. The maximum Gasteiger partial charge on any atom is 0.267 e. The number of carbonyl (C=O) groups excluding carboxylic acids is 1. The first-order chi connectivity index (χ1) is 15.8. The molecule has 174 valence electrons. The molecule has 1 fully saturated rings. The molecule has 11 heteroatoms. The van der Waals surface area contributed by atoms with Crippen LogP contribution < -0.4 is 15.0 Å². The Balaban J connectivity index is 1.48. The van der Waals surface area contributed by atoms with Crippen molar-refractivity contribution in [3.63, 3.8) is 0 Å². The van der Waals surface area contributed by atoms with Crippen molar-refractivity contribution in [1.82, 2.24) is 4.31 Å². The SMILES string of the molecule is COc1cccc(N2CCN(S(=O)(=O)c3ccsc3C(=O)Nc3cc(F)cc(F)c3)CC2)c1. The molecule has 0 atom stereocenters. The van der Waals surface area contributed by atoms with E-state index in [9.17, 15) is 22.0 Å². The van der Waals surface area contributed by atoms with Crippen molar-refractivity contribution < 1.29 is 26.7 Å². The number of ether oxygens (including phenoxy) is 1. The standard InChI is InChI=1S/C22H21F2N3O4S2/c1-31-19-4-2-3-18(14-19)26-6-8-27(9-7-26)33(29,30)20-5-10-32-21(20)22(28)25-17-12-15(23)11-16(24)13-17/h2-5,10-14H,6-9H2,1H3,(H,25,28). The van der Waals surface area contributed by atoms with Gasteiger partial charge in [-0.1, -0.05) is 6.07 Å². The lowest BCUT2D eigenvalue weighted by Gasteiger charge is -2.35. The Morgan fingerprint density at radius 2 is 1.73 bits per heavy atom. The molecule has 33 heavy (non-hydrogen) atoms. The summed E-state index contributed by atoms with van der Waals surface area (Å²) in [6, 6.07) is 11.5. The summed E-state index contributed by atoms with van der Waals surface area (Å²) in [4.78, 5) is 14.6. The fraction of sp³-hybridized carbons (Fsp3) is 0.227. The van der Waals surface area contributed by atoms with Crippen molar-refractivity contribution in [2.45, 2.75) is 4.90 Å². The first-order valence-electron chi connectivity index (χ1n) is 10.0. The molecule has 1 aliphatic heterocycles. The molecule has 0 bridgehead atoms. The monoisotopic (exact) mass is 493 g/mol. The highest BCUT2D eigenvalue weighted by atomic mass is 32.2. The van der Waals surface area contributed by atoms with Crippen molar-refractivity contribution in [3.05, 3.63) is 70.4 Å². The van der Waals surface area contributed by atoms with Crippen LogP contribution >= 0.6 is 11.3 Å². The third-order valence-electron chi connectivity index (χ3n) is 5.23. The van der Waals surface area contributed by atoms with Crippen LogP contribution in [0, 0.1) is 11.6 Å². The van der Waals surface area contributed by atoms with Crippen LogP contribution in [0.3, 0.4) is 0 Å². The summed E-state index contributed by atoms with van der Waals surface area (Å²) >= 11 is 0.948. The number of hydrogen-bond acceptors (Lipinski definition) is 6. The lowest BCUT2D eigenvalue weighted by Crippen LogP contribution is -2.48. The largest absolute Gasteiger partial charge is 0.497 e. The minimum Gasteiger partial charge on any atom is -0.497 e. The van der Waals surface area contributed by atoms with Gasteiger partial charge in [-0.3, -0.25) is 4.79 Å². The second kappa shape index (κ2) is 9.46. The van der Waals surface area contributed by atoms with Crippen molar-refractivity contribution in [3.8, 4) is 5.75 Å². The lowest BCUT2D eigenvalue weighted by atomic mass is 10.2. The van der Waals surface area contributed by atoms with E-state index in [1.54, 1.807) is 7.11 Å². The highest BCUT2D eigenvalue weighted by Crippen LogP contribution is 2.29. The molecule has 1 aliphatic rings. The summed E-state index contributed by atoms with van der Waals surface area (Å²) in [5, 5.41) is 3.87. The molecule has 1 amide bonds. The molecule has 0 spiro atoms. The molecule has 0 radical (unpaired) electrons. The number of anilines is 2. The van der Waals surface area contributed by atoms with E-state index in [2.05, 4.69) is 10.2 Å². The zero-order valence-corrected chi connectivity index (χ0v) is 19.3. The molecule has 0 saturated carbocycles. The number of amides is 1. The number of thiophene rings is 1. The number of methoxy groups -OCH3 is 1. The van der Waals surface area contributed by atoms with Gasteiger partial charge in [0.2, 0.25) is 10.0 Å². The topological polar surface area (TPSA) is 79.0 Å². The Morgan fingerprint density at radius 3 is 2.39 bits per heavy atom. The summed E-state index contributed by atoms with van der Waals surface area (Å²) in [7, 11) is -2.35. The minimum absolute atomic E-state index is 0.0464. The Bertz CT molecular complexity index is 1250. The average molecular weight is 494 g/mol. The van der Waals surface area contributed by atoms with Crippen LogP contribution in [0.1, 0.15) is 9.67 Å². The van der Waals surface area contributed by atoms with Gasteiger partial charge in [-0.05, 0) is 35.7 Å². The predicted octanol–water partition coefficient (Wildman–Crippen LogP) is 3.80. The molecule has 3 aromatic rings. The molecule has 1 aromatic heterocycles. The van der Waals surface area contributed by atoms with Crippen LogP contribution in [0.15, 0.2) is 58.8 Å². The van der Waals surface area contributed by atoms with E-state index in [0.29, 0.717) is 19.2 Å². The highest BCUT2D eigenvalue weighted by molar-refractivity contribution is 7.89. The smallest absolute Gasteiger partial charge is 0.267 e. The molecule has 7 nitrogen and oxygen atoms in total. The molecule has 0 aliphatic carbocycles. The lowest BCUT2D eigenvalue weighted by molar-refractivity contribution is 0.102. The maximum atomic E-state index is 13.4. The van der Waals surface area contributed by atoms with E-state index in [4.69, 9.17) is 4.74 Å². The summed E-state index contributed by atoms with van der Waals surface area (Å²) in [6.07, 6.45) is 0. The third-order valence-corrected chi connectivity index (χ3v) is 8.21. The summed E-state index contributed by atoms with van der Waals surface area (Å²) < 4.78 is 60.0. The van der Waals surface area contributed by atoms with Crippen molar-refractivity contribution in [2.24, 2.45) is 0 Å². The minimum atomic E-state index is -3.94. The summed E-state index contributed by atoms with van der Waals surface area (Å²) in [5.74, 6) is -1.73. The second-order valence-electron chi connectivity index (χ2n) is 7.32. The fourth-order valence-electron chi connectivity index (χ4n) is 3.61. The van der Waals surface area contributed by atoms with Crippen molar-refractivity contribution >= 4 is 38.6 Å². The van der Waals surface area contributed by atoms with Crippen molar-refractivity contribution in [1.29, 1.82) is 0 Å². The second-order valence-corrected chi connectivity index (χ2v) is 10.1. The van der Waals surface area contributed by atoms with E-state index in [1.165, 1.54) is 15.8 Å². The van der Waals surface area contributed by atoms with Crippen molar-refractivity contribution in [2.75, 3.05) is 43.5 Å². The van der Waals surface area contributed by atoms with Crippen LogP contribution in [-0.4, -0.2) is 51.9 Å². The van der Waals surface area contributed by atoms with Crippen LogP contribution in [0.4, 0.5) is 20.2 Å². The average Bonchev–Trinajstić information content (AvgIpc) is 3.30. The van der Waals surface area contributed by atoms with E-state index >= 15 is 0 Å². The fourth-order valence-corrected chi connectivity index (χ4v) is 6.33. The molecular formula is C22H21F2N3O4S2. The Morgan fingerprint density at radius 1 is 1.03 bits per heavy atom. The van der Waals surface area contributed by atoms with E-state index in [0.717, 1.165) is 34.9 Å². The molecule has 0 unspecified atom stereocenters. The molecule has 4 rings (SSSR count). The number of nitrogens with one attached hydrogen (secondary N) is 1. The number of benzene rings is 2. The normalized spacial score (nSPS) is 14.8. The van der Waals surface area contributed by atoms with Gasteiger partial charge >= 0.3 is 0 Å². The van der Waals surface area contributed by atoms with Crippen LogP contribution in [0.5, 0.6) is 5.75 Å². The van der Waals surface area contributed by atoms with Crippen LogP contribution in [0.2, 0.25) is 0 Å². The number of piperazine rings is 1. The van der Waals surface area contributed by atoms with Gasteiger partial charge in [-0.2, -0.15) is 4.31 Å². The number of sulfonamides is 1. The Labute approximate surface area is 194 Å². The predicted molar refractivity (Wildman–Crippen MR) is 123 cm³/mol. The zero-order valence-electron chi connectivity index (χ0n) is 17.6. The van der Waals surface area contributed by atoms with E-state index in [1.807, 2.05) is 24.3 Å². The maximum absolute atomic E-state index is 13.4. The number of halogens is 2. The number of carbonyl (C=O) groups is 1. The number of nitrogens with zero attached hydrogens (tertiary/aromatic N) is 2. The quantitative estimate of drug-likeness (QED) is 0.565.